The van der Waals surface area contributed by atoms with Gasteiger partial charge in [-0.1, -0.05) is 6.07 Å². The van der Waals surface area contributed by atoms with Gasteiger partial charge in [-0.2, -0.15) is 0 Å². The second-order valence-corrected chi connectivity index (χ2v) is 4.84. The summed E-state index contributed by atoms with van der Waals surface area (Å²) in [5.74, 6) is 0.0191. The molecular formula is C11H17NO2S. The molecule has 2 unspecified atom stereocenters. The molecule has 0 aliphatic heterocycles. The molecule has 15 heavy (non-hydrogen) atoms. The van der Waals surface area contributed by atoms with Gasteiger partial charge < -0.3 is 10.4 Å². The minimum Gasteiger partial charge on any atom is -0.393 e. The number of carbonyl (C=O) groups excluding carboxylic acids is 1. The highest BCUT2D eigenvalue weighted by Crippen LogP contribution is 2.09. The number of aliphatic hydroxyl groups is 1. The summed E-state index contributed by atoms with van der Waals surface area (Å²) in [7, 11) is 0. The third-order valence-electron chi connectivity index (χ3n) is 2.02. The van der Waals surface area contributed by atoms with Crippen molar-refractivity contribution in [1.82, 2.24) is 5.32 Å². The van der Waals surface area contributed by atoms with E-state index < -0.39 is 0 Å². The van der Waals surface area contributed by atoms with Gasteiger partial charge in [0.1, 0.15) is 0 Å². The molecule has 3 nitrogen and oxygen atoms in total. The highest BCUT2D eigenvalue weighted by Gasteiger charge is 2.10. The van der Waals surface area contributed by atoms with Crippen molar-refractivity contribution < 1.29 is 9.90 Å². The van der Waals surface area contributed by atoms with Gasteiger partial charge >= 0.3 is 0 Å². The molecule has 0 aromatic carbocycles. The Balaban J connectivity index is 2.30. The minimum atomic E-state index is -0.373. The van der Waals surface area contributed by atoms with Crippen molar-refractivity contribution in [3.8, 4) is 0 Å². The molecular weight excluding hydrogens is 210 g/mol. The lowest BCUT2D eigenvalue weighted by molar-refractivity contribution is -0.121. The fourth-order valence-electron chi connectivity index (χ4n) is 1.47. The fraction of sp³-hybridized carbons (Fsp3) is 0.545. The van der Waals surface area contributed by atoms with Crippen LogP contribution >= 0.6 is 11.3 Å². The number of rotatable bonds is 5. The Hall–Kier alpha value is -0.870. The molecule has 0 saturated carbocycles. The highest BCUT2D eigenvalue weighted by atomic mass is 32.1. The van der Waals surface area contributed by atoms with Gasteiger partial charge in [-0.3, -0.25) is 4.79 Å². The van der Waals surface area contributed by atoms with Gasteiger partial charge in [0.15, 0.2) is 0 Å². The fourth-order valence-corrected chi connectivity index (χ4v) is 2.17. The zero-order chi connectivity index (χ0) is 11.3. The Labute approximate surface area is 94.1 Å². The van der Waals surface area contributed by atoms with Gasteiger partial charge in [0.25, 0.3) is 0 Å². The number of aliphatic hydroxyl groups excluding tert-OH is 1. The van der Waals surface area contributed by atoms with E-state index in [1.54, 1.807) is 18.3 Å². The highest BCUT2D eigenvalue weighted by molar-refractivity contribution is 7.10. The third kappa shape index (κ3) is 4.95. The summed E-state index contributed by atoms with van der Waals surface area (Å²) < 4.78 is 0. The average Bonchev–Trinajstić information content (AvgIpc) is 2.53. The smallest absolute Gasteiger partial charge is 0.225 e. The Bertz CT molecular complexity index is 296. The quantitative estimate of drug-likeness (QED) is 0.802. The van der Waals surface area contributed by atoms with E-state index in [0.29, 0.717) is 12.8 Å². The second-order valence-electron chi connectivity index (χ2n) is 3.81. The predicted molar refractivity (Wildman–Crippen MR) is 61.9 cm³/mol. The lowest BCUT2D eigenvalue weighted by Gasteiger charge is -2.14. The van der Waals surface area contributed by atoms with E-state index in [-0.39, 0.29) is 18.1 Å². The van der Waals surface area contributed by atoms with E-state index >= 15 is 0 Å². The van der Waals surface area contributed by atoms with Crippen LogP contribution in [0.2, 0.25) is 0 Å². The number of thiophene rings is 1. The van der Waals surface area contributed by atoms with Crippen molar-refractivity contribution >= 4 is 17.2 Å². The summed E-state index contributed by atoms with van der Waals surface area (Å²) >= 11 is 1.58. The van der Waals surface area contributed by atoms with Crippen molar-refractivity contribution in [2.24, 2.45) is 0 Å². The number of hydrogen-bond donors (Lipinski definition) is 2. The van der Waals surface area contributed by atoms with Crippen LogP contribution in [0.5, 0.6) is 0 Å². The van der Waals surface area contributed by atoms with E-state index in [4.69, 9.17) is 5.11 Å². The molecule has 0 spiro atoms. The molecule has 0 aliphatic carbocycles. The average molecular weight is 227 g/mol. The molecule has 1 aromatic heterocycles. The topological polar surface area (TPSA) is 49.3 Å². The number of amides is 1. The SMILES string of the molecule is CC(O)CC(C)NC(=O)Cc1cccs1. The molecule has 1 rings (SSSR count). The molecule has 0 aliphatic rings. The van der Waals surface area contributed by atoms with Gasteiger partial charge in [-0.15, -0.1) is 11.3 Å². The summed E-state index contributed by atoms with van der Waals surface area (Å²) in [5.41, 5.74) is 0. The summed E-state index contributed by atoms with van der Waals surface area (Å²) in [4.78, 5) is 12.6. The predicted octanol–water partition coefficient (Wildman–Crippen LogP) is 1.57. The summed E-state index contributed by atoms with van der Waals surface area (Å²) in [5, 5.41) is 14.0. The van der Waals surface area contributed by atoms with Crippen LogP contribution in [0, 0.1) is 0 Å². The standard InChI is InChI=1S/C11H17NO2S/c1-8(6-9(2)13)12-11(14)7-10-4-3-5-15-10/h3-5,8-9,13H,6-7H2,1-2H3,(H,12,14). The summed E-state index contributed by atoms with van der Waals surface area (Å²) in [6.07, 6.45) is 0.653. The van der Waals surface area contributed by atoms with E-state index in [0.717, 1.165) is 4.88 Å². The van der Waals surface area contributed by atoms with Crippen LogP contribution in [0.3, 0.4) is 0 Å². The van der Waals surface area contributed by atoms with Crippen molar-refractivity contribution in [1.29, 1.82) is 0 Å². The molecule has 1 aromatic rings. The first-order chi connectivity index (χ1) is 7.08. The van der Waals surface area contributed by atoms with Gasteiger partial charge in [-0.25, -0.2) is 0 Å². The Morgan fingerprint density at radius 1 is 1.60 bits per heavy atom. The molecule has 1 heterocycles. The summed E-state index contributed by atoms with van der Waals surface area (Å²) in [6.45, 7) is 3.63. The summed E-state index contributed by atoms with van der Waals surface area (Å²) in [6, 6.07) is 3.91. The van der Waals surface area contributed by atoms with Gasteiger partial charge in [0, 0.05) is 10.9 Å². The van der Waals surface area contributed by atoms with E-state index in [2.05, 4.69) is 5.32 Å². The second kappa shape index (κ2) is 5.88. The molecule has 0 saturated heterocycles. The van der Waals surface area contributed by atoms with Crippen LogP contribution in [0.25, 0.3) is 0 Å². The first-order valence-electron chi connectivity index (χ1n) is 5.07. The molecule has 0 radical (unpaired) electrons. The van der Waals surface area contributed by atoms with Gasteiger partial charge in [0.05, 0.1) is 12.5 Å². The maximum atomic E-state index is 11.5. The normalized spacial score (nSPS) is 14.6. The number of nitrogens with one attached hydrogen (secondary N) is 1. The monoisotopic (exact) mass is 227 g/mol. The van der Waals surface area contributed by atoms with Crippen LogP contribution < -0.4 is 5.32 Å². The molecule has 0 bridgehead atoms. The third-order valence-corrected chi connectivity index (χ3v) is 2.89. The lowest BCUT2D eigenvalue weighted by atomic mass is 10.1. The van der Waals surface area contributed by atoms with Crippen LogP contribution in [0.1, 0.15) is 25.1 Å². The largest absolute Gasteiger partial charge is 0.393 e. The minimum absolute atomic E-state index is 0.0191. The van der Waals surface area contributed by atoms with Crippen molar-refractivity contribution in [3.05, 3.63) is 22.4 Å². The van der Waals surface area contributed by atoms with Gasteiger partial charge in [-0.05, 0) is 31.7 Å². The van der Waals surface area contributed by atoms with Crippen molar-refractivity contribution in [2.75, 3.05) is 0 Å². The molecule has 84 valence electrons. The number of carbonyl (C=O) groups is 1. The zero-order valence-electron chi connectivity index (χ0n) is 9.06. The molecule has 1 amide bonds. The van der Waals surface area contributed by atoms with E-state index in [9.17, 15) is 4.79 Å². The van der Waals surface area contributed by atoms with Crippen LogP contribution in [0.15, 0.2) is 17.5 Å². The maximum Gasteiger partial charge on any atom is 0.225 e. The number of hydrogen-bond acceptors (Lipinski definition) is 3. The Morgan fingerprint density at radius 3 is 2.87 bits per heavy atom. The Kier molecular flexibility index (Phi) is 4.78. The molecule has 2 N–H and O–H groups in total. The van der Waals surface area contributed by atoms with E-state index in [1.807, 2.05) is 24.4 Å². The maximum absolute atomic E-state index is 11.5. The van der Waals surface area contributed by atoms with Crippen LogP contribution in [-0.4, -0.2) is 23.2 Å². The van der Waals surface area contributed by atoms with E-state index in [1.165, 1.54) is 0 Å². The van der Waals surface area contributed by atoms with Crippen molar-refractivity contribution in [3.63, 3.8) is 0 Å². The first kappa shape index (κ1) is 12.2. The zero-order valence-corrected chi connectivity index (χ0v) is 9.88. The molecule has 2 atom stereocenters. The molecule has 4 heteroatoms. The molecule has 0 fully saturated rings. The van der Waals surface area contributed by atoms with Crippen LogP contribution in [0.4, 0.5) is 0 Å². The van der Waals surface area contributed by atoms with Gasteiger partial charge in [0.2, 0.25) is 5.91 Å². The Morgan fingerprint density at radius 2 is 2.33 bits per heavy atom. The van der Waals surface area contributed by atoms with Crippen molar-refractivity contribution in [2.45, 2.75) is 38.8 Å². The van der Waals surface area contributed by atoms with Crippen LogP contribution in [-0.2, 0) is 11.2 Å². The first-order valence-corrected chi connectivity index (χ1v) is 5.95. The lowest BCUT2D eigenvalue weighted by Crippen LogP contribution is -2.35.